The highest BCUT2D eigenvalue weighted by Crippen LogP contribution is 2.65. The minimum atomic E-state index is 0.712. The van der Waals surface area contributed by atoms with E-state index in [9.17, 15) is 0 Å². The molecule has 0 nitrogen and oxygen atoms in total. The van der Waals surface area contributed by atoms with Gasteiger partial charge in [0.25, 0.3) is 0 Å². The Balaban J connectivity index is 1.98. The molecule has 2 fully saturated rings. The summed E-state index contributed by atoms with van der Waals surface area (Å²) in [4.78, 5) is 0. The van der Waals surface area contributed by atoms with Gasteiger partial charge in [0, 0.05) is 0 Å². The highest BCUT2D eigenvalue weighted by Gasteiger charge is 2.55. The third-order valence-corrected chi connectivity index (χ3v) is 4.70. The van der Waals surface area contributed by atoms with Crippen molar-refractivity contribution in [2.45, 2.75) is 51.4 Å². The summed E-state index contributed by atoms with van der Waals surface area (Å²) in [6.07, 6.45) is 17.1. The standard InChI is InChI=1S/C12H18/c1-2-6-12-8-4-3-7-11(12,5-1)9-10-12/h9-10H,1-8H2. The van der Waals surface area contributed by atoms with E-state index in [1.54, 1.807) is 0 Å². The van der Waals surface area contributed by atoms with Gasteiger partial charge in [0.1, 0.15) is 0 Å². The number of hydrogen-bond donors (Lipinski definition) is 0. The fraction of sp³-hybridized carbons (Fsp3) is 0.833. The molecule has 0 aromatic heterocycles. The summed E-state index contributed by atoms with van der Waals surface area (Å²) in [5.74, 6) is 0. The third-order valence-electron chi connectivity index (χ3n) is 4.70. The van der Waals surface area contributed by atoms with E-state index in [1.165, 1.54) is 51.4 Å². The van der Waals surface area contributed by atoms with Gasteiger partial charge in [0.05, 0.1) is 0 Å². The summed E-state index contributed by atoms with van der Waals surface area (Å²) in [7, 11) is 0. The van der Waals surface area contributed by atoms with Crippen LogP contribution in [0.2, 0.25) is 0 Å². The first-order valence-corrected chi connectivity index (χ1v) is 5.57. The predicted molar refractivity (Wildman–Crippen MR) is 50.9 cm³/mol. The molecule has 0 unspecified atom stereocenters. The number of hydrogen-bond acceptors (Lipinski definition) is 0. The second kappa shape index (κ2) is 2.16. The average molecular weight is 162 g/mol. The number of allylic oxidation sites excluding steroid dienone is 2. The van der Waals surface area contributed by atoms with Crippen LogP contribution in [0.4, 0.5) is 0 Å². The molecule has 0 saturated heterocycles. The molecule has 0 aliphatic heterocycles. The zero-order valence-corrected chi connectivity index (χ0v) is 7.81. The molecular weight excluding hydrogens is 144 g/mol. The Labute approximate surface area is 75.0 Å². The van der Waals surface area contributed by atoms with Crippen LogP contribution in [-0.2, 0) is 0 Å². The van der Waals surface area contributed by atoms with Crippen LogP contribution in [0.1, 0.15) is 51.4 Å². The van der Waals surface area contributed by atoms with Gasteiger partial charge >= 0.3 is 0 Å². The van der Waals surface area contributed by atoms with Crippen molar-refractivity contribution >= 4 is 0 Å². The molecule has 0 aromatic carbocycles. The van der Waals surface area contributed by atoms with Crippen molar-refractivity contribution in [1.82, 2.24) is 0 Å². The summed E-state index contributed by atoms with van der Waals surface area (Å²) >= 11 is 0. The molecule has 3 aliphatic rings. The van der Waals surface area contributed by atoms with Gasteiger partial charge in [-0.1, -0.05) is 37.8 Å². The second-order valence-corrected chi connectivity index (χ2v) is 5.06. The van der Waals surface area contributed by atoms with Crippen molar-refractivity contribution in [3.05, 3.63) is 12.2 Å². The molecule has 0 spiro atoms. The summed E-state index contributed by atoms with van der Waals surface area (Å²) in [5.41, 5.74) is 1.42. The second-order valence-electron chi connectivity index (χ2n) is 5.06. The SMILES string of the molecule is C1=CC23CCCCC12CCCC3. The van der Waals surface area contributed by atoms with Crippen molar-refractivity contribution < 1.29 is 0 Å². The van der Waals surface area contributed by atoms with Crippen LogP contribution in [0.25, 0.3) is 0 Å². The molecule has 0 radical (unpaired) electrons. The first kappa shape index (κ1) is 7.17. The van der Waals surface area contributed by atoms with E-state index in [0.29, 0.717) is 10.8 Å². The Hall–Kier alpha value is -0.260. The summed E-state index contributed by atoms with van der Waals surface area (Å²) in [6, 6.07) is 0. The topological polar surface area (TPSA) is 0 Å². The first-order valence-electron chi connectivity index (χ1n) is 5.57. The maximum atomic E-state index is 2.55. The lowest BCUT2D eigenvalue weighted by Gasteiger charge is -2.60. The third kappa shape index (κ3) is 0.654. The molecule has 0 heterocycles. The Morgan fingerprint density at radius 2 is 0.917 bits per heavy atom. The van der Waals surface area contributed by atoms with Gasteiger partial charge in [0.15, 0.2) is 0 Å². The van der Waals surface area contributed by atoms with Crippen molar-refractivity contribution in [3.63, 3.8) is 0 Å². The van der Waals surface area contributed by atoms with Crippen molar-refractivity contribution in [1.29, 1.82) is 0 Å². The molecule has 3 aliphatic carbocycles. The monoisotopic (exact) mass is 162 g/mol. The van der Waals surface area contributed by atoms with E-state index in [2.05, 4.69) is 12.2 Å². The molecule has 12 heavy (non-hydrogen) atoms. The Morgan fingerprint density at radius 3 is 1.17 bits per heavy atom. The first-order chi connectivity index (χ1) is 5.87. The quantitative estimate of drug-likeness (QED) is 0.477. The summed E-state index contributed by atoms with van der Waals surface area (Å²) in [6.45, 7) is 0. The lowest BCUT2D eigenvalue weighted by molar-refractivity contribution is -0.00438. The number of rotatable bonds is 0. The molecule has 3 rings (SSSR count). The van der Waals surface area contributed by atoms with E-state index >= 15 is 0 Å². The minimum absolute atomic E-state index is 0.712. The highest BCUT2D eigenvalue weighted by molar-refractivity contribution is 5.29. The fourth-order valence-electron chi connectivity index (χ4n) is 3.90. The van der Waals surface area contributed by atoms with E-state index < -0.39 is 0 Å². The highest BCUT2D eigenvalue weighted by atomic mass is 14.6. The van der Waals surface area contributed by atoms with Gasteiger partial charge < -0.3 is 0 Å². The maximum absolute atomic E-state index is 2.55. The van der Waals surface area contributed by atoms with Crippen molar-refractivity contribution in [2.75, 3.05) is 0 Å². The van der Waals surface area contributed by atoms with Crippen LogP contribution in [-0.4, -0.2) is 0 Å². The molecule has 2 saturated carbocycles. The smallest absolute Gasteiger partial charge is 0.00271 e. The van der Waals surface area contributed by atoms with E-state index in [-0.39, 0.29) is 0 Å². The summed E-state index contributed by atoms with van der Waals surface area (Å²) in [5, 5.41) is 0. The van der Waals surface area contributed by atoms with E-state index in [0.717, 1.165) is 0 Å². The van der Waals surface area contributed by atoms with Gasteiger partial charge in [-0.3, -0.25) is 0 Å². The predicted octanol–water partition coefficient (Wildman–Crippen LogP) is 3.68. The largest absolute Gasteiger partial charge is 0.0808 e. The van der Waals surface area contributed by atoms with Crippen LogP contribution >= 0.6 is 0 Å². The minimum Gasteiger partial charge on any atom is -0.0808 e. The molecule has 0 heteroatoms. The fourth-order valence-corrected chi connectivity index (χ4v) is 3.90. The van der Waals surface area contributed by atoms with E-state index in [4.69, 9.17) is 0 Å². The Kier molecular flexibility index (Phi) is 1.29. The van der Waals surface area contributed by atoms with Gasteiger partial charge in [-0.05, 0) is 36.5 Å². The van der Waals surface area contributed by atoms with Crippen LogP contribution in [0, 0.1) is 10.8 Å². The Bertz CT molecular complexity index is 188. The molecule has 66 valence electrons. The van der Waals surface area contributed by atoms with Crippen molar-refractivity contribution in [3.8, 4) is 0 Å². The van der Waals surface area contributed by atoms with Crippen LogP contribution < -0.4 is 0 Å². The van der Waals surface area contributed by atoms with Gasteiger partial charge in [-0.25, -0.2) is 0 Å². The zero-order chi connectivity index (χ0) is 8.07. The maximum Gasteiger partial charge on any atom is -0.00271 e. The average Bonchev–Trinajstić information content (AvgIpc) is 2.09. The van der Waals surface area contributed by atoms with Gasteiger partial charge in [0.2, 0.25) is 0 Å². The lowest BCUT2D eigenvalue weighted by atomic mass is 9.44. The molecule has 0 amide bonds. The molecule has 0 aromatic rings. The molecule has 0 atom stereocenters. The molecule has 0 bridgehead atoms. The molecular formula is C12H18. The van der Waals surface area contributed by atoms with Gasteiger partial charge in [-0.15, -0.1) is 0 Å². The zero-order valence-electron chi connectivity index (χ0n) is 7.81. The van der Waals surface area contributed by atoms with Gasteiger partial charge in [-0.2, -0.15) is 0 Å². The van der Waals surface area contributed by atoms with E-state index in [1.807, 2.05) is 0 Å². The van der Waals surface area contributed by atoms with Crippen LogP contribution in [0.15, 0.2) is 12.2 Å². The van der Waals surface area contributed by atoms with Crippen molar-refractivity contribution in [2.24, 2.45) is 10.8 Å². The lowest BCUT2D eigenvalue weighted by Crippen LogP contribution is -2.50. The molecule has 0 N–H and O–H groups in total. The Morgan fingerprint density at radius 1 is 0.583 bits per heavy atom. The normalized spacial score (nSPS) is 50.7. The van der Waals surface area contributed by atoms with Crippen LogP contribution in [0.5, 0.6) is 0 Å². The van der Waals surface area contributed by atoms with Crippen LogP contribution in [0.3, 0.4) is 0 Å². The summed E-state index contributed by atoms with van der Waals surface area (Å²) < 4.78 is 0.